The molecule has 6 atom stereocenters. The minimum Gasteiger partial charge on any atom is -0.462 e. The number of esters is 2. The Morgan fingerprint density at radius 1 is 1.31 bits per heavy atom. The standard InChI is InChI=1S/C31H42N2O6/c1-8-15-37-29(35)26-16-25-23(20(2)3)11-9-21(4)24(25)17-27(30(5)13-14-31(26,36-7)39-30)38-28(34)12-10-22-18-33(6)19-32-22/h9-10,12-14,16,18-20,23-25,27H,8,11,15,17H2,1-7H3/b12-10+,26-16-/t23-,24+,25-,27+,30+,31-/m1/s1. The van der Waals surface area contributed by atoms with Gasteiger partial charge in [0, 0.05) is 26.4 Å². The first kappa shape index (κ1) is 29.0. The van der Waals surface area contributed by atoms with E-state index < -0.39 is 29.4 Å². The fourth-order valence-electron chi connectivity index (χ4n) is 6.01. The van der Waals surface area contributed by atoms with Crippen LogP contribution in [-0.2, 0) is 35.6 Å². The summed E-state index contributed by atoms with van der Waals surface area (Å²) >= 11 is 0. The molecule has 0 spiro atoms. The van der Waals surface area contributed by atoms with E-state index in [0.717, 1.165) is 6.42 Å². The third-order valence-corrected chi connectivity index (χ3v) is 8.29. The Bertz CT molecular complexity index is 1190. The zero-order chi connectivity index (χ0) is 28.4. The summed E-state index contributed by atoms with van der Waals surface area (Å²) in [5.74, 6) is -1.67. The van der Waals surface area contributed by atoms with E-state index in [1.807, 2.05) is 43.8 Å². The summed E-state index contributed by atoms with van der Waals surface area (Å²) < 4.78 is 26.1. The van der Waals surface area contributed by atoms with Crippen LogP contribution in [0.5, 0.6) is 0 Å². The third kappa shape index (κ3) is 5.97. The summed E-state index contributed by atoms with van der Waals surface area (Å²) in [5.41, 5.74) is 1.19. The van der Waals surface area contributed by atoms with Gasteiger partial charge in [0.1, 0.15) is 11.7 Å². The third-order valence-electron chi connectivity index (χ3n) is 8.29. The van der Waals surface area contributed by atoms with E-state index in [0.29, 0.717) is 36.6 Å². The summed E-state index contributed by atoms with van der Waals surface area (Å²) in [6.45, 7) is 10.7. The van der Waals surface area contributed by atoms with E-state index in [1.54, 1.807) is 18.5 Å². The van der Waals surface area contributed by atoms with Crippen LogP contribution < -0.4 is 0 Å². The molecule has 8 nitrogen and oxygen atoms in total. The number of hydrogen-bond acceptors (Lipinski definition) is 7. The molecule has 2 bridgehead atoms. The highest BCUT2D eigenvalue weighted by molar-refractivity contribution is 5.91. The molecule has 0 amide bonds. The maximum Gasteiger partial charge on any atom is 0.339 e. The number of nitrogens with zero attached hydrogens (tertiary/aromatic N) is 2. The van der Waals surface area contributed by atoms with E-state index >= 15 is 0 Å². The second kappa shape index (κ2) is 11.6. The van der Waals surface area contributed by atoms with Crippen LogP contribution in [0.3, 0.4) is 0 Å². The van der Waals surface area contributed by atoms with Crippen molar-refractivity contribution in [3.05, 3.63) is 59.7 Å². The highest BCUT2D eigenvalue weighted by Gasteiger charge is 2.55. The maximum atomic E-state index is 13.5. The Morgan fingerprint density at radius 2 is 2.08 bits per heavy atom. The molecular weight excluding hydrogens is 496 g/mol. The zero-order valence-electron chi connectivity index (χ0n) is 24.2. The lowest BCUT2D eigenvalue weighted by molar-refractivity contribution is -0.227. The molecule has 1 aliphatic carbocycles. The number of imidazole rings is 1. The van der Waals surface area contributed by atoms with Gasteiger partial charge in [-0.2, -0.15) is 0 Å². The van der Waals surface area contributed by atoms with Gasteiger partial charge in [0.15, 0.2) is 0 Å². The van der Waals surface area contributed by atoms with Gasteiger partial charge in [-0.1, -0.05) is 38.5 Å². The predicted molar refractivity (Wildman–Crippen MR) is 148 cm³/mol. The van der Waals surface area contributed by atoms with Gasteiger partial charge in [0.25, 0.3) is 0 Å². The topological polar surface area (TPSA) is 88.9 Å². The van der Waals surface area contributed by atoms with Crippen molar-refractivity contribution in [3.8, 4) is 0 Å². The lowest BCUT2D eigenvalue weighted by Crippen LogP contribution is -2.48. The van der Waals surface area contributed by atoms with Crippen molar-refractivity contribution < 1.29 is 28.5 Å². The van der Waals surface area contributed by atoms with Crippen molar-refractivity contribution in [2.75, 3.05) is 13.7 Å². The Hall–Kier alpha value is -2.97. The van der Waals surface area contributed by atoms with Crippen molar-refractivity contribution in [2.45, 2.75) is 71.4 Å². The average molecular weight is 539 g/mol. The summed E-state index contributed by atoms with van der Waals surface area (Å²) in [6, 6.07) is 0. The Morgan fingerprint density at radius 3 is 2.72 bits per heavy atom. The quantitative estimate of drug-likeness (QED) is 0.256. The molecule has 3 aliphatic rings. The lowest BCUT2D eigenvalue weighted by Gasteiger charge is -2.41. The van der Waals surface area contributed by atoms with E-state index in [9.17, 15) is 9.59 Å². The molecule has 0 unspecified atom stereocenters. The van der Waals surface area contributed by atoms with Crippen LogP contribution >= 0.6 is 0 Å². The molecule has 2 aliphatic heterocycles. The molecular formula is C31H42N2O6. The normalized spacial score (nSPS) is 33.5. The highest BCUT2D eigenvalue weighted by atomic mass is 16.7. The van der Waals surface area contributed by atoms with Crippen molar-refractivity contribution in [1.82, 2.24) is 9.55 Å². The molecule has 0 radical (unpaired) electrons. The summed E-state index contributed by atoms with van der Waals surface area (Å²) in [7, 11) is 3.39. The maximum absolute atomic E-state index is 13.5. The average Bonchev–Trinajstić information content (AvgIpc) is 3.49. The first-order chi connectivity index (χ1) is 18.5. The van der Waals surface area contributed by atoms with Crippen LogP contribution in [0.25, 0.3) is 6.08 Å². The predicted octanol–water partition coefficient (Wildman–Crippen LogP) is 5.17. The molecule has 8 heteroatoms. The number of fused-ring (bicyclic) bond motifs is 3. The lowest BCUT2D eigenvalue weighted by atomic mass is 9.65. The Kier molecular flexibility index (Phi) is 8.66. The van der Waals surface area contributed by atoms with Gasteiger partial charge in [-0.05, 0) is 75.0 Å². The summed E-state index contributed by atoms with van der Waals surface area (Å²) in [4.78, 5) is 30.8. The highest BCUT2D eigenvalue weighted by Crippen LogP contribution is 2.49. The summed E-state index contributed by atoms with van der Waals surface area (Å²) in [6.07, 6.45) is 16.0. The minimum atomic E-state index is -1.44. The number of carbonyl (C=O) groups is 2. The number of rotatable bonds is 8. The number of aromatic nitrogens is 2. The van der Waals surface area contributed by atoms with Gasteiger partial charge in [-0.3, -0.25) is 0 Å². The smallest absolute Gasteiger partial charge is 0.339 e. The number of aryl methyl sites for hydroxylation is 1. The van der Waals surface area contributed by atoms with E-state index in [4.69, 9.17) is 18.9 Å². The molecule has 212 valence electrons. The van der Waals surface area contributed by atoms with Crippen LogP contribution in [0, 0.1) is 23.7 Å². The molecule has 0 aromatic carbocycles. The number of hydrogen-bond donors (Lipinski definition) is 0. The summed E-state index contributed by atoms with van der Waals surface area (Å²) in [5, 5.41) is 0. The largest absolute Gasteiger partial charge is 0.462 e. The van der Waals surface area contributed by atoms with Crippen molar-refractivity contribution in [3.63, 3.8) is 0 Å². The molecule has 1 aromatic heterocycles. The van der Waals surface area contributed by atoms with Gasteiger partial charge in [0.05, 0.1) is 24.2 Å². The van der Waals surface area contributed by atoms with Crippen molar-refractivity contribution in [2.24, 2.45) is 30.7 Å². The second-order valence-corrected chi connectivity index (χ2v) is 11.4. The molecule has 0 saturated carbocycles. The van der Waals surface area contributed by atoms with Crippen LogP contribution in [0.2, 0.25) is 0 Å². The van der Waals surface area contributed by atoms with Crippen LogP contribution in [0.4, 0.5) is 0 Å². The fraction of sp³-hybridized carbons (Fsp3) is 0.581. The fourth-order valence-corrected chi connectivity index (χ4v) is 6.01. The second-order valence-electron chi connectivity index (χ2n) is 11.4. The number of allylic oxidation sites excluding steroid dienone is 3. The van der Waals surface area contributed by atoms with Gasteiger partial charge in [-0.15, -0.1) is 0 Å². The minimum absolute atomic E-state index is 0.0106. The molecule has 39 heavy (non-hydrogen) atoms. The number of ether oxygens (including phenoxy) is 4. The van der Waals surface area contributed by atoms with E-state index in [-0.39, 0.29) is 17.8 Å². The van der Waals surface area contributed by atoms with E-state index in [1.165, 1.54) is 18.8 Å². The van der Waals surface area contributed by atoms with Gasteiger partial charge >= 0.3 is 11.9 Å². The Balaban J connectivity index is 1.76. The Labute approximate surface area is 231 Å². The van der Waals surface area contributed by atoms with E-state index in [2.05, 4.69) is 31.8 Å². The van der Waals surface area contributed by atoms with Crippen molar-refractivity contribution >= 4 is 18.0 Å². The first-order valence-electron chi connectivity index (χ1n) is 13.9. The molecule has 0 N–H and O–H groups in total. The monoisotopic (exact) mass is 538 g/mol. The molecule has 4 rings (SSSR count). The first-order valence-corrected chi connectivity index (χ1v) is 13.9. The van der Waals surface area contributed by atoms with Gasteiger partial charge < -0.3 is 23.5 Å². The molecule has 1 aromatic rings. The van der Waals surface area contributed by atoms with Gasteiger partial charge in [0.2, 0.25) is 5.79 Å². The van der Waals surface area contributed by atoms with Crippen molar-refractivity contribution in [1.29, 1.82) is 0 Å². The number of methoxy groups -OCH3 is 1. The number of carbonyl (C=O) groups excluding carboxylic acids is 2. The molecule has 3 heterocycles. The molecule has 0 saturated heterocycles. The SMILES string of the molecule is CCCOC(=O)/C1=C/[C@@H]2[C@@H](C(C)C)CC=C(C)[C@@H]2C[C@H](OC(=O)/C=C/c2cn(C)cn2)[C@]2(C)C=C[C@@]1(OC)O2. The van der Waals surface area contributed by atoms with Crippen LogP contribution in [0.1, 0.15) is 59.6 Å². The van der Waals surface area contributed by atoms with Crippen LogP contribution in [-0.4, -0.2) is 52.7 Å². The van der Waals surface area contributed by atoms with Crippen LogP contribution in [0.15, 0.2) is 54.1 Å². The van der Waals surface area contributed by atoms with Gasteiger partial charge in [-0.25, -0.2) is 14.6 Å². The zero-order valence-corrected chi connectivity index (χ0v) is 24.2. The molecule has 0 fully saturated rings.